The number of benzene rings is 1. The first-order valence-electron chi connectivity index (χ1n) is 10.8. The summed E-state index contributed by atoms with van der Waals surface area (Å²) >= 11 is 1.37. The number of amidine groups is 2. The van der Waals surface area contributed by atoms with Crippen LogP contribution in [0.2, 0.25) is 0 Å². The summed E-state index contributed by atoms with van der Waals surface area (Å²) in [4.78, 5) is 16.9. The number of aromatic nitrogens is 1. The Balaban J connectivity index is 1.61. The monoisotopic (exact) mass is 451 g/mol. The van der Waals surface area contributed by atoms with Crippen LogP contribution in [0.4, 0.5) is 4.39 Å². The number of thioether (sulfide) groups is 1. The third-order valence-electron chi connectivity index (χ3n) is 5.58. The lowest BCUT2D eigenvalue weighted by atomic mass is 10.1. The van der Waals surface area contributed by atoms with E-state index in [2.05, 4.69) is 17.0 Å². The molecule has 1 aromatic carbocycles. The van der Waals surface area contributed by atoms with Gasteiger partial charge in [-0.3, -0.25) is 10.2 Å². The van der Waals surface area contributed by atoms with Gasteiger partial charge in [0.15, 0.2) is 5.84 Å². The fraction of sp³-hybridized carbons (Fsp3) is 0.333. The highest BCUT2D eigenvalue weighted by atomic mass is 32.2. The lowest BCUT2D eigenvalue weighted by Crippen LogP contribution is -2.35. The van der Waals surface area contributed by atoms with Crippen molar-refractivity contribution in [3.8, 4) is 5.69 Å². The summed E-state index contributed by atoms with van der Waals surface area (Å²) in [6, 6.07) is 8.31. The largest absolute Gasteiger partial charge is 0.318 e. The molecular formula is C24H26FN5OS. The van der Waals surface area contributed by atoms with Gasteiger partial charge in [0.1, 0.15) is 10.9 Å². The van der Waals surface area contributed by atoms with Crippen LogP contribution in [0.15, 0.2) is 46.0 Å². The molecule has 8 heteroatoms. The van der Waals surface area contributed by atoms with Gasteiger partial charge >= 0.3 is 0 Å². The molecule has 0 saturated carbocycles. The van der Waals surface area contributed by atoms with Gasteiger partial charge in [-0.25, -0.2) is 4.39 Å². The minimum absolute atomic E-state index is 0.0339. The molecule has 32 heavy (non-hydrogen) atoms. The molecule has 166 valence electrons. The second kappa shape index (κ2) is 9.24. The molecule has 0 spiro atoms. The number of carbonyl (C=O) groups is 1. The molecule has 0 radical (unpaired) electrons. The van der Waals surface area contributed by atoms with Gasteiger partial charge in [-0.05, 0) is 74.4 Å². The molecule has 0 saturated heterocycles. The van der Waals surface area contributed by atoms with Crippen molar-refractivity contribution < 1.29 is 9.18 Å². The van der Waals surface area contributed by atoms with Gasteiger partial charge in [0.05, 0.1) is 5.57 Å². The summed E-state index contributed by atoms with van der Waals surface area (Å²) in [6.45, 7) is 6.01. The Kier molecular flexibility index (Phi) is 6.41. The molecule has 1 aromatic heterocycles. The predicted octanol–water partition coefficient (Wildman–Crippen LogP) is 5.82. The van der Waals surface area contributed by atoms with E-state index in [1.54, 1.807) is 12.1 Å². The van der Waals surface area contributed by atoms with Crippen LogP contribution in [0, 0.1) is 25.1 Å². The van der Waals surface area contributed by atoms with Crippen LogP contribution in [0.3, 0.4) is 0 Å². The van der Waals surface area contributed by atoms with Gasteiger partial charge in [0.2, 0.25) is 5.17 Å². The number of amides is 1. The van der Waals surface area contributed by atoms with Gasteiger partial charge in [-0.15, -0.1) is 0 Å². The lowest BCUT2D eigenvalue weighted by Gasteiger charge is -2.20. The van der Waals surface area contributed by atoms with Crippen molar-refractivity contribution >= 4 is 39.8 Å². The number of nitrogens with zero attached hydrogens (tertiary/aromatic N) is 4. The van der Waals surface area contributed by atoms with Crippen molar-refractivity contribution in [3.63, 3.8) is 0 Å². The van der Waals surface area contributed by atoms with E-state index in [1.165, 1.54) is 41.7 Å². The number of hydrogen-bond acceptors (Lipinski definition) is 4. The second-order valence-electron chi connectivity index (χ2n) is 7.97. The van der Waals surface area contributed by atoms with Crippen molar-refractivity contribution in [3.05, 3.63) is 58.7 Å². The van der Waals surface area contributed by atoms with Crippen molar-refractivity contribution in [1.29, 1.82) is 5.41 Å². The van der Waals surface area contributed by atoms with Crippen LogP contribution in [-0.2, 0) is 4.79 Å². The SMILES string of the molecule is CCCCCCC1=NN2C(=N)/C(=C\c3cc(C)n(-c4cccc(F)c4)c3C)C(=O)N=C2S1. The van der Waals surface area contributed by atoms with E-state index < -0.39 is 5.91 Å². The minimum atomic E-state index is -0.438. The maximum atomic E-state index is 13.7. The van der Waals surface area contributed by atoms with Crippen LogP contribution in [0.1, 0.15) is 56.0 Å². The highest BCUT2D eigenvalue weighted by Gasteiger charge is 2.35. The summed E-state index contributed by atoms with van der Waals surface area (Å²) in [5.74, 6) is -0.714. The zero-order chi connectivity index (χ0) is 22.8. The fourth-order valence-electron chi connectivity index (χ4n) is 3.94. The number of carbonyl (C=O) groups excluding carboxylic acids is 1. The number of halogens is 1. The van der Waals surface area contributed by atoms with Crippen LogP contribution in [-0.4, -0.2) is 31.5 Å². The minimum Gasteiger partial charge on any atom is -0.318 e. The summed E-state index contributed by atoms with van der Waals surface area (Å²) in [7, 11) is 0. The second-order valence-corrected chi connectivity index (χ2v) is 9.01. The van der Waals surface area contributed by atoms with Gasteiger partial charge in [-0.1, -0.05) is 32.3 Å². The molecule has 0 unspecified atom stereocenters. The Bertz CT molecular complexity index is 1180. The van der Waals surface area contributed by atoms with E-state index >= 15 is 0 Å². The van der Waals surface area contributed by atoms with Gasteiger partial charge in [-0.2, -0.15) is 15.1 Å². The standard InChI is InChI=1S/C24H26FN5OS/c1-4-5-6-7-11-21-28-30-22(26)20(23(31)27-24(30)32-21)13-17-12-15(2)29(16(17)3)19-10-8-9-18(25)14-19/h8-10,12-14,26H,4-7,11H2,1-3H3/b20-13+,26-22?. The zero-order valence-corrected chi connectivity index (χ0v) is 19.3. The number of unbranched alkanes of at least 4 members (excludes halogenated alkanes) is 3. The lowest BCUT2D eigenvalue weighted by molar-refractivity contribution is -0.114. The molecular weight excluding hydrogens is 425 g/mol. The Morgan fingerprint density at radius 3 is 2.75 bits per heavy atom. The van der Waals surface area contributed by atoms with E-state index in [0.717, 1.165) is 41.3 Å². The number of aryl methyl sites for hydroxylation is 1. The number of nitrogens with one attached hydrogen (secondary N) is 1. The quantitative estimate of drug-likeness (QED) is 0.426. The Labute approximate surface area is 191 Å². The number of fused-ring (bicyclic) bond motifs is 1. The maximum Gasteiger partial charge on any atom is 0.283 e. The molecule has 2 aromatic rings. The number of hydrogen-bond donors (Lipinski definition) is 1. The molecule has 0 atom stereocenters. The number of aliphatic imine (C=N–C) groups is 1. The molecule has 1 N–H and O–H groups in total. The first-order chi connectivity index (χ1) is 15.4. The molecule has 0 aliphatic carbocycles. The smallest absolute Gasteiger partial charge is 0.283 e. The van der Waals surface area contributed by atoms with Crippen molar-refractivity contribution in [2.45, 2.75) is 52.9 Å². The Morgan fingerprint density at radius 1 is 1.19 bits per heavy atom. The predicted molar refractivity (Wildman–Crippen MR) is 129 cm³/mol. The van der Waals surface area contributed by atoms with Crippen molar-refractivity contribution in [1.82, 2.24) is 9.58 Å². The summed E-state index contributed by atoms with van der Waals surface area (Å²) in [5.41, 5.74) is 3.46. The van der Waals surface area contributed by atoms with Crippen LogP contribution >= 0.6 is 11.8 Å². The Hall–Kier alpha value is -3.00. The molecule has 0 bridgehead atoms. The maximum absolute atomic E-state index is 13.7. The summed E-state index contributed by atoms with van der Waals surface area (Å²) in [5, 5.41) is 15.9. The molecule has 2 aliphatic heterocycles. The molecule has 0 fully saturated rings. The molecule has 1 amide bonds. The van der Waals surface area contributed by atoms with E-state index in [9.17, 15) is 9.18 Å². The highest BCUT2D eigenvalue weighted by molar-refractivity contribution is 8.26. The third-order valence-corrected chi connectivity index (χ3v) is 6.55. The Morgan fingerprint density at radius 2 is 2.00 bits per heavy atom. The van der Waals surface area contributed by atoms with Gasteiger partial charge in [0.25, 0.3) is 5.91 Å². The topological polar surface area (TPSA) is 73.8 Å². The number of rotatable bonds is 7. The zero-order valence-electron chi connectivity index (χ0n) is 18.5. The van der Waals surface area contributed by atoms with Crippen LogP contribution in [0.25, 0.3) is 11.8 Å². The van der Waals surface area contributed by atoms with Crippen LogP contribution in [0.5, 0.6) is 0 Å². The first-order valence-corrected chi connectivity index (χ1v) is 11.6. The summed E-state index contributed by atoms with van der Waals surface area (Å²) in [6.07, 6.45) is 7.06. The fourth-order valence-corrected chi connectivity index (χ4v) is 4.86. The normalized spacial score (nSPS) is 17.1. The highest BCUT2D eigenvalue weighted by Crippen LogP contribution is 2.31. The summed E-state index contributed by atoms with van der Waals surface area (Å²) < 4.78 is 15.7. The first kappa shape index (κ1) is 22.2. The average Bonchev–Trinajstić information content (AvgIpc) is 3.28. The molecule has 3 heterocycles. The van der Waals surface area contributed by atoms with E-state index in [1.807, 2.05) is 30.5 Å². The van der Waals surface area contributed by atoms with E-state index in [0.29, 0.717) is 10.9 Å². The number of hydrazone groups is 1. The third kappa shape index (κ3) is 4.32. The van der Waals surface area contributed by atoms with E-state index in [-0.39, 0.29) is 17.2 Å². The van der Waals surface area contributed by atoms with Crippen molar-refractivity contribution in [2.75, 3.05) is 0 Å². The van der Waals surface area contributed by atoms with Crippen molar-refractivity contribution in [2.24, 2.45) is 10.1 Å². The molecule has 4 rings (SSSR count). The van der Waals surface area contributed by atoms with E-state index in [4.69, 9.17) is 5.41 Å². The average molecular weight is 452 g/mol. The van der Waals surface area contributed by atoms with Gasteiger partial charge in [0, 0.05) is 17.1 Å². The van der Waals surface area contributed by atoms with Crippen LogP contribution < -0.4 is 0 Å². The molecule has 6 nitrogen and oxygen atoms in total. The molecule has 2 aliphatic rings. The van der Waals surface area contributed by atoms with Gasteiger partial charge < -0.3 is 4.57 Å².